The van der Waals surface area contributed by atoms with Gasteiger partial charge in [-0.15, -0.1) is 0 Å². The molecule has 79 heavy (non-hydrogen) atoms. The van der Waals surface area contributed by atoms with Crippen molar-refractivity contribution >= 4 is 19.8 Å². The van der Waals surface area contributed by atoms with Crippen LogP contribution in [0.5, 0.6) is 0 Å². The molecule has 0 saturated heterocycles. The van der Waals surface area contributed by atoms with Crippen LogP contribution >= 0.6 is 7.82 Å². The monoisotopic (exact) mass is 1130 g/mol. The van der Waals surface area contributed by atoms with Gasteiger partial charge in [0.2, 0.25) is 0 Å². The fourth-order valence-corrected chi connectivity index (χ4v) is 10.7. The number of hydrogen-bond donors (Lipinski definition) is 1. The SMILES string of the molecule is CC/C=C\C/C=C\C/C=C\C/C=C\CCCCCCCCCCCCCCCCCCCCC(=O)OC(COC(=O)CCCCCCCCCCCCCCCCCCCCCCCCCC)COP(=O)(O)OCC[N+](C)(C)C. The Hall–Kier alpha value is -2.03. The average Bonchev–Trinajstić information content (AvgIpc) is 3.41. The van der Waals surface area contributed by atoms with Crippen molar-refractivity contribution in [3.63, 3.8) is 0 Å². The fourth-order valence-electron chi connectivity index (χ4n) is 9.95. The molecular weight excluding hydrogens is 1000 g/mol. The fraction of sp³-hybridized carbons (Fsp3) is 0.855. The molecule has 1 N–H and O–H groups in total. The molecule has 9 nitrogen and oxygen atoms in total. The Labute approximate surface area is 490 Å². The molecule has 0 aliphatic carbocycles. The number of hydrogen-bond acceptors (Lipinski definition) is 7. The molecule has 2 unspecified atom stereocenters. The summed E-state index contributed by atoms with van der Waals surface area (Å²) in [6.07, 6.45) is 77.8. The molecule has 0 amide bonds. The number of rotatable bonds is 63. The quantitative estimate of drug-likeness (QED) is 0.0211. The predicted octanol–water partition coefficient (Wildman–Crippen LogP) is 21.7. The molecular formula is C69H131NO8P+. The van der Waals surface area contributed by atoms with E-state index in [1.165, 1.54) is 238 Å². The number of esters is 2. The van der Waals surface area contributed by atoms with Crippen LogP contribution in [0.1, 0.15) is 328 Å². The van der Waals surface area contributed by atoms with Crippen LogP contribution in [0.2, 0.25) is 0 Å². The molecule has 0 heterocycles. The molecule has 0 aromatic carbocycles. The first-order valence-electron chi connectivity index (χ1n) is 33.9. The maximum atomic E-state index is 12.9. The second-order valence-corrected chi connectivity index (χ2v) is 25.6. The first-order chi connectivity index (χ1) is 38.5. The minimum Gasteiger partial charge on any atom is -0.462 e. The minimum atomic E-state index is -4.39. The number of phosphoric ester groups is 1. The van der Waals surface area contributed by atoms with Gasteiger partial charge in [0.1, 0.15) is 19.8 Å². The van der Waals surface area contributed by atoms with Crippen molar-refractivity contribution in [2.75, 3.05) is 47.5 Å². The standard InChI is InChI=1S/C69H130NO8P/c1-6-8-10-12-14-16-18-20-22-24-26-28-30-32-33-34-35-36-37-38-40-42-44-46-48-50-52-54-56-58-60-62-69(72)78-67(66-77-79(73,74)76-64-63-70(3,4)5)65-75-68(71)61-59-57-55-53-51-49-47-45-43-41-39-31-29-27-25-23-21-19-17-15-13-11-9-7-2/h8,10,14,16,20,22,26,28,67H,6-7,9,11-13,15,17-19,21,23-25,27,29-66H2,1-5H3/p+1/b10-8-,16-14-,22-20-,28-26-. The highest BCUT2D eigenvalue weighted by atomic mass is 31.2. The van der Waals surface area contributed by atoms with E-state index in [9.17, 15) is 19.0 Å². The van der Waals surface area contributed by atoms with Gasteiger partial charge in [0, 0.05) is 12.8 Å². The van der Waals surface area contributed by atoms with Crippen LogP contribution in [-0.4, -0.2) is 74.9 Å². The number of quaternary nitrogens is 1. The molecule has 0 aliphatic heterocycles. The van der Waals surface area contributed by atoms with E-state index in [4.69, 9.17) is 18.5 Å². The van der Waals surface area contributed by atoms with Gasteiger partial charge in [0.15, 0.2) is 6.10 Å². The van der Waals surface area contributed by atoms with E-state index in [1.54, 1.807) is 0 Å². The van der Waals surface area contributed by atoms with Gasteiger partial charge in [-0.1, -0.05) is 313 Å². The Morgan fingerprint density at radius 3 is 1.08 bits per heavy atom. The third kappa shape index (κ3) is 65.0. The molecule has 0 bridgehead atoms. The number of carbonyl (C=O) groups is 2. The Kier molecular flexibility index (Phi) is 59.0. The van der Waals surface area contributed by atoms with Crippen molar-refractivity contribution in [2.45, 2.75) is 335 Å². The van der Waals surface area contributed by atoms with Crippen molar-refractivity contribution in [3.05, 3.63) is 48.6 Å². The van der Waals surface area contributed by atoms with Gasteiger partial charge >= 0.3 is 19.8 Å². The Morgan fingerprint density at radius 2 is 0.722 bits per heavy atom. The Balaban J connectivity index is 4.02. The molecule has 0 aromatic heterocycles. The molecule has 0 fully saturated rings. The summed E-state index contributed by atoms with van der Waals surface area (Å²) >= 11 is 0. The first kappa shape index (κ1) is 77.0. The highest BCUT2D eigenvalue weighted by Gasteiger charge is 2.27. The lowest BCUT2D eigenvalue weighted by atomic mass is 10.0. The van der Waals surface area contributed by atoms with Crippen LogP contribution in [-0.2, 0) is 32.7 Å². The lowest BCUT2D eigenvalue weighted by molar-refractivity contribution is -0.870. The van der Waals surface area contributed by atoms with Crippen molar-refractivity contribution in [1.29, 1.82) is 0 Å². The summed E-state index contributed by atoms with van der Waals surface area (Å²) in [5, 5.41) is 0. The third-order valence-electron chi connectivity index (χ3n) is 15.1. The smallest absolute Gasteiger partial charge is 0.462 e. The Morgan fingerprint density at radius 1 is 0.405 bits per heavy atom. The molecule has 10 heteroatoms. The van der Waals surface area contributed by atoms with E-state index in [-0.39, 0.29) is 25.6 Å². The number of carbonyl (C=O) groups excluding carboxylic acids is 2. The van der Waals surface area contributed by atoms with Crippen LogP contribution in [0.3, 0.4) is 0 Å². The lowest BCUT2D eigenvalue weighted by Gasteiger charge is -2.24. The number of allylic oxidation sites excluding steroid dienone is 8. The van der Waals surface area contributed by atoms with Gasteiger partial charge in [-0.3, -0.25) is 18.6 Å². The molecule has 464 valence electrons. The average molecular weight is 1130 g/mol. The summed E-state index contributed by atoms with van der Waals surface area (Å²) in [5.74, 6) is -0.777. The summed E-state index contributed by atoms with van der Waals surface area (Å²) in [5.41, 5.74) is 0. The van der Waals surface area contributed by atoms with Crippen molar-refractivity contribution < 1.29 is 42.1 Å². The van der Waals surface area contributed by atoms with Crippen LogP contribution in [0.4, 0.5) is 0 Å². The third-order valence-corrected chi connectivity index (χ3v) is 16.1. The van der Waals surface area contributed by atoms with E-state index < -0.39 is 26.5 Å². The van der Waals surface area contributed by atoms with Crippen molar-refractivity contribution in [2.24, 2.45) is 0 Å². The van der Waals surface area contributed by atoms with Gasteiger partial charge in [0.05, 0.1) is 27.7 Å². The molecule has 2 atom stereocenters. The summed E-state index contributed by atoms with van der Waals surface area (Å²) in [6, 6.07) is 0. The molecule has 0 radical (unpaired) electrons. The lowest BCUT2D eigenvalue weighted by Crippen LogP contribution is -2.37. The summed E-state index contributed by atoms with van der Waals surface area (Å²) in [7, 11) is 1.49. The molecule has 0 rings (SSSR count). The minimum absolute atomic E-state index is 0.0341. The van der Waals surface area contributed by atoms with Crippen LogP contribution in [0.15, 0.2) is 48.6 Å². The predicted molar refractivity (Wildman–Crippen MR) is 340 cm³/mol. The normalized spacial score (nSPS) is 13.4. The molecule has 0 aromatic rings. The van der Waals surface area contributed by atoms with Crippen LogP contribution in [0, 0.1) is 0 Å². The van der Waals surface area contributed by atoms with Crippen molar-refractivity contribution in [3.8, 4) is 0 Å². The van der Waals surface area contributed by atoms with Crippen molar-refractivity contribution in [1.82, 2.24) is 0 Å². The highest BCUT2D eigenvalue weighted by Crippen LogP contribution is 2.43. The molecule has 0 spiro atoms. The Bertz CT molecular complexity index is 1470. The van der Waals surface area contributed by atoms with Gasteiger partial charge in [0.25, 0.3) is 0 Å². The van der Waals surface area contributed by atoms with Gasteiger partial charge in [-0.05, 0) is 51.4 Å². The number of ether oxygens (including phenoxy) is 2. The number of nitrogens with zero attached hydrogens (tertiary/aromatic N) is 1. The summed E-state index contributed by atoms with van der Waals surface area (Å²) in [6.45, 7) is 4.39. The van der Waals surface area contributed by atoms with Gasteiger partial charge in [-0.2, -0.15) is 0 Å². The van der Waals surface area contributed by atoms with Crippen LogP contribution < -0.4 is 0 Å². The van der Waals surface area contributed by atoms with E-state index in [0.29, 0.717) is 23.9 Å². The van der Waals surface area contributed by atoms with Crippen LogP contribution in [0.25, 0.3) is 0 Å². The molecule has 0 aliphatic rings. The molecule has 0 saturated carbocycles. The zero-order valence-electron chi connectivity index (χ0n) is 52.9. The first-order valence-corrected chi connectivity index (χ1v) is 35.4. The summed E-state index contributed by atoms with van der Waals surface area (Å²) < 4.78 is 34.7. The van der Waals surface area contributed by atoms with Gasteiger partial charge in [-0.25, -0.2) is 4.57 Å². The van der Waals surface area contributed by atoms with E-state index in [1.807, 2.05) is 21.1 Å². The highest BCUT2D eigenvalue weighted by molar-refractivity contribution is 7.47. The number of likely N-dealkylation sites (N-methyl/N-ethyl adjacent to an activating group) is 1. The second kappa shape index (κ2) is 60.6. The van der Waals surface area contributed by atoms with E-state index in [2.05, 4.69) is 62.5 Å². The zero-order chi connectivity index (χ0) is 57.7. The maximum absolute atomic E-state index is 12.9. The largest absolute Gasteiger partial charge is 0.472 e. The van der Waals surface area contributed by atoms with Gasteiger partial charge < -0.3 is 18.9 Å². The second-order valence-electron chi connectivity index (χ2n) is 24.2. The topological polar surface area (TPSA) is 108 Å². The zero-order valence-corrected chi connectivity index (χ0v) is 53.8. The van der Waals surface area contributed by atoms with E-state index >= 15 is 0 Å². The van der Waals surface area contributed by atoms with E-state index in [0.717, 1.165) is 57.8 Å². The summed E-state index contributed by atoms with van der Waals surface area (Å²) in [4.78, 5) is 35.8. The number of phosphoric acid groups is 1. The number of unbranched alkanes of at least 4 members (excludes halogenated alkanes) is 41. The maximum Gasteiger partial charge on any atom is 0.472 e.